The third kappa shape index (κ3) is 3.78. The summed E-state index contributed by atoms with van der Waals surface area (Å²) in [4.78, 5) is 31.0. The average Bonchev–Trinajstić information content (AvgIpc) is 3.25. The summed E-state index contributed by atoms with van der Waals surface area (Å²) in [6, 6.07) is 11.4. The van der Waals surface area contributed by atoms with Crippen molar-refractivity contribution in [2.24, 2.45) is 0 Å². The van der Waals surface area contributed by atoms with E-state index in [1.54, 1.807) is 11.3 Å². The molecule has 28 heavy (non-hydrogen) atoms. The maximum Gasteiger partial charge on any atom is 0.339 e. The third-order valence-corrected chi connectivity index (χ3v) is 6.11. The van der Waals surface area contributed by atoms with Crippen LogP contribution >= 0.6 is 11.3 Å². The minimum Gasteiger partial charge on any atom is -0.452 e. The molecule has 1 aliphatic rings. The fourth-order valence-corrected chi connectivity index (χ4v) is 4.44. The van der Waals surface area contributed by atoms with Gasteiger partial charge in [0.25, 0.3) is 5.91 Å². The van der Waals surface area contributed by atoms with Crippen molar-refractivity contribution in [2.75, 3.05) is 6.61 Å². The normalized spacial score (nSPS) is 14.3. The zero-order valence-electron chi connectivity index (χ0n) is 15.7. The molecule has 5 nitrogen and oxygen atoms in total. The monoisotopic (exact) mass is 394 g/mol. The maximum absolute atomic E-state index is 12.9. The summed E-state index contributed by atoms with van der Waals surface area (Å²) >= 11 is 1.58. The van der Waals surface area contributed by atoms with E-state index in [-0.39, 0.29) is 18.6 Å². The van der Waals surface area contributed by atoms with Gasteiger partial charge in [-0.1, -0.05) is 24.3 Å². The van der Waals surface area contributed by atoms with E-state index < -0.39 is 5.97 Å². The third-order valence-electron chi connectivity index (χ3n) is 5.06. The molecule has 1 aromatic carbocycles. The fraction of sp³-hybridized carbons (Fsp3) is 0.318. The Hall–Kier alpha value is -2.73. The summed E-state index contributed by atoms with van der Waals surface area (Å²) in [6.07, 6.45) is 3.81. The number of nitrogens with zero attached hydrogens (tertiary/aromatic N) is 1. The minimum atomic E-state index is -0.448. The molecule has 1 N–H and O–H groups in total. The highest BCUT2D eigenvalue weighted by molar-refractivity contribution is 7.10. The number of benzene rings is 1. The Morgan fingerprint density at radius 3 is 2.82 bits per heavy atom. The van der Waals surface area contributed by atoms with Crippen LogP contribution in [0.2, 0.25) is 0 Å². The number of thiophene rings is 1. The summed E-state index contributed by atoms with van der Waals surface area (Å²) in [5.74, 6) is -0.753. The van der Waals surface area contributed by atoms with Gasteiger partial charge >= 0.3 is 5.97 Å². The Kier molecular flexibility index (Phi) is 5.39. The maximum atomic E-state index is 12.9. The molecule has 1 aliphatic carbocycles. The number of aryl methyl sites for hydroxylation is 1. The van der Waals surface area contributed by atoms with Crippen LogP contribution in [0.15, 0.2) is 41.8 Å². The van der Waals surface area contributed by atoms with Crippen molar-refractivity contribution < 1.29 is 14.3 Å². The van der Waals surface area contributed by atoms with Crippen LogP contribution in [0.3, 0.4) is 0 Å². The topological polar surface area (TPSA) is 68.3 Å². The second-order valence-electron chi connectivity index (χ2n) is 7.02. The number of esters is 1. The summed E-state index contributed by atoms with van der Waals surface area (Å²) in [5.41, 5.74) is 3.32. The van der Waals surface area contributed by atoms with Crippen molar-refractivity contribution in [3.05, 3.63) is 63.5 Å². The summed E-state index contributed by atoms with van der Waals surface area (Å²) in [7, 11) is 0. The van der Waals surface area contributed by atoms with Crippen molar-refractivity contribution >= 4 is 34.1 Å². The van der Waals surface area contributed by atoms with Crippen LogP contribution in [0.1, 0.15) is 52.3 Å². The molecular formula is C22H22N2O3S. The molecule has 4 rings (SSSR count). The molecule has 0 saturated heterocycles. The SMILES string of the molecule is C[C@H](NC(=O)COC(=O)c1c2c(nc3ccccc13)CCCC2)c1cccs1. The Morgan fingerprint density at radius 2 is 2.00 bits per heavy atom. The zero-order chi connectivity index (χ0) is 19.5. The Labute approximate surface area is 167 Å². The molecule has 6 heteroatoms. The number of nitrogens with one attached hydrogen (secondary N) is 1. The lowest BCUT2D eigenvalue weighted by atomic mass is 9.90. The smallest absolute Gasteiger partial charge is 0.339 e. The van der Waals surface area contributed by atoms with Gasteiger partial charge in [0, 0.05) is 16.0 Å². The average molecular weight is 394 g/mol. The van der Waals surface area contributed by atoms with Crippen LogP contribution in [-0.4, -0.2) is 23.5 Å². The number of aromatic nitrogens is 1. The zero-order valence-corrected chi connectivity index (χ0v) is 16.6. The first kappa shape index (κ1) is 18.6. The van der Waals surface area contributed by atoms with Crippen molar-refractivity contribution in [3.8, 4) is 0 Å². The quantitative estimate of drug-likeness (QED) is 0.658. The number of hydrogen-bond acceptors (Lipinski definition) is 5. The fourth-order valence-electron chi connectivity index (χ4n) is 3.70. The molecule has 2 aromatic heterocycles. The van der Waals surface area contributed by atoms with Crippen LogP contribution in [0.25, 0.3) is 10.9 Å². The van der Waals surface area contributed by atoms with Crippen molar-refractivity contribution in [2.45, 2.75) is 38.6 Å². The van der Waals surface area contributed by atoms with Gasteiger partial charge in [0.1, 0.15) is 0 Å². The highest BCUT2D eigenvalue weighted by atomic mass is 32.1. The lowest BCUT2D eigenvalue weighted by Crippen LogP contribution is -2.31. The second kappa shape index (κ2) is 8.10. The van der Waals surface area contributed by atoms with Gasteiger partial charge in [-0.2, -0.15) is 0 Å². The number of fused-ring (bicyclic) bond motifs is 2. The van der Waals surface area contributed by atoms with Gasteiger partial charge in [0.05, 0.1) is 17.1 Å². The molecule has 2 heterocycles. The lowest BCUT2D eigenvalue weighted by molar-refractivity contribution is -0.124. The van der Waals surface area contributed by atoms with Crippen LogP contribution in [0, 0.1) is 0 Å². The first-order chi connectivity index (χ1) is 13.6. The van der Waals surface area contributed by atoms with Crippen LogP contribution in [0.5, 0.6) is 0 Å². The highest BCUT2D eigenvalue weighted by Gasteiger charge is 2.24. The summed E-state index contributed by atoms with van der Waals surface area (Å²) < 4.78 is 5.41. The molecule has 144 valence electrons. The molecule has 1 amide bonds. The summed E-state index contributed by atoms with van der Waals surface area (Å²) in [5, 5.41) is 5.63. The van der Waals surface area contributed by atoms with Gasteiger partial charge in [-0.15, -0.1) is 11.3 Å². The second-order valence-corrected chi connectivity index (χ2v) is 8.00. The van der Waals surface area contributed by atoms with Crippen molar-refractivity contribution in [1.29, 1.82) is 0 Å². The van der Waals surface area contributed by atoms with Gasteiger partial charge in [0.15, 0.2) is 6.61 Å². The van der Waals surface area contributed by atoms with Gasteiger partial charge < -0.3 is 10.1 Å². The Balaban J connectivity index is 1.52. The molecular weight excluding hydrogens is 372 g/mol. The predicted molar refractivity (Wildman–Crippen MR) is 110 cm³/mol. The van der Waals surface area contributed by atoms with Gasteiger partial charge in [-0.25, -0.2) is 4.79 Å². The molecule has 0 bridgehead atoms. The molecule has 0 saturated carbocycles. The van der Waals surface area contributed by atoms with Gasteiger partial charge in [0.2, 0.25) is 0 Å². The van der Waals surface area contributed by atoms with Crippen molar-refractivity contribution in [1.82, 2.24) is 10.3 Å². The number of carbonyl (C=O) groups excluding carboxylic acids is 2. The number of rotatable bonds is 5. The van der Waals surface area contributed by atoms with E-state index in [0.29, 0.717) is 5.56 Å². The predicted octanol–water partition coefficient (Wildman–Crippen LogP) is 4.21. The van der Waals surface area contributed by atoms with E-state index in [1.807, 2.05) is 48.7 Å². The van der Waals surface area contributed by atoms with Crippen LogP contribution in [-0.2, 0) is 22.4 Å². The number of para-hydroxylation sites is 1. The van der Waals surface area contributed by atoms with Crippen molar-refractivity contribution in [3.63, 3.8) is 0 Å². The van der Waals surface area contributed by atoms with E-state index in [2.05, 4.69) is 5.32 Å². The van der Waals surface area contributed by atoms with Crippen LogP contribution < -0.4 is 5.32 Å². The van der Waals surface area contributed by atoms with E-state index in [0.717, 1.165) is 52.7 Å². The minimum absolute atomic E-state index is 0.110. The number of amides is 1. The first-order valence-corrected chi connectivity index (χ1v) is 10.4. The van der Waals surface area contributed by atoms with E-state index in [9.17, 15) is 9.59 Å². The number of hydrogen-bond donors (Lipinski definition) is 1. The number of pyridine rings is 1. The van der Waals surface area contributed by atoms with E-state index in [4.69, 9.17) is 9.72 Å². The molecule has 0 spiro atoms. The first-order valence-electron chi connectivity index (χ1n) is 9.54. The Bertz CT molecular complexity index is 1010. The number of ether oxygens (including phenoxy) is 1. The molecule has 0 fully saturated rings. The molecule has 0 aliphatic heterocycles. The molecule has 3 aromatic rings. The highest BCUT2D eigenvalue weighted by Crippen LogP contribution is 2.29. The molecule has 0 radical (unpaired) electrons. The molecule has 0 unspecified atom stereocenters. The largest absolute Gasteiger partial charge is 0.452 e. The Morgan fingerprint density at radius 1 is 1.18 bits per heavy atom. The lowest BCUT2D eigenvalue weighted by Gasteiger charge is -2.20. The van der Waals surface area contributed by atoms with Crippen LogP contribution in [0.4, 0.5) is 0 Å². The number of carbonyl (C=O) groups is 2. The van der Waals surface area contributed by atoms with E-state index in [1.165, 1.54) is 0 Å². The van der Waals surface area contributed by atoms with Gasteiger partial charge in [-0.05, 0) is 55.7 Å². The summed E-state index contributed by atoms with van der Waals surface area (Å²) in [6.45, 7) is 1.62. The standard InChI is InChI=1S/C22H22N2O3S/c1-14(19-11-6-12-28-19)23-20(25)13-27-22(26)21-15-7-2-4-9-17(15)24-18-10-5-3-8-16(18)21/h2,4,6-7,9,11-12,14H,3,5,8,10,13H2,1H3,(H,23,25)/t14-/m0/s1. The van der Waals surface area contributed by atoms with E-state index >= 15 is 0 Å². The van der Waals surface area contributed by atoms with Gasteiger partial charge in [-0.3, -0.25) is 9.78 Å². The molecule has 1 atom stereocenters.